The number of piperidine rings is 1. The van der Waals surface area contributed by atoms with Crippen LogP contribution in [-0.4, -0.2) is 36.3 Å². The first-order valence-electron chi connectivity index (χ1n) is 11.2. The van der Waals surface area contributed by atoms with Crippen molar-refractivity contribution in [3.8, 4) is 0 Å². The van der Waals surface area contributed by atoms with E-state index in [4.69, 9.17) is 0 Å². The first-order chi connectivity index (χ1) is 15.1. The SMILES string of the molecule is O=C(CCN1CCC(C(=O)NCc2ccc(F)cc2)CC1)Nc1ccc2c(c1)CCC2. The van der Waals surface area contributed by atoms with E-state index >= 15 is 0 Å². The summed E-state index contributed by atoms with van der Waals surface area (Å²) in [6.07, 6.45) is 5.49. The highest BCUT2D eigenvalue weighted by molar-refractivity contribution is 5.91. The van der Waals surface area contributed by atoms with Gasteiger partial charge >= 0.3 is 0 Å². The average Bonchev–Trinajstić information content (AvgIpc) is 3.25. The first-order valence-corrected chi connectivity index (χ1v) is 11.2. The number of anilines is 1. The van der Waals surface area contributed by atoms with Gasteiger partial charge in [-0.05, 0) is 86.1 Å². The molecule has 2 aromatic rings. The van der Waals surface area contributed by atoms with Gasteiger partial charge in [-0.15, -0.1) is 0 Å². The van der Waals surface area contributed by atoms with Gasteiger partial charge in [0.2, 0.25) is 11.8 Å². The molecule has 0 saturated carbocycles. The maximum atomic E-state index is 13.0. The summed E-state index contributed by atoms with van der Waals surface area (Å²) in [4.78, 5) is 27.0. The van der Waals surface area contributed by atoms with Gasteiger partial charge in [0.1, 0.15) is 5.82 Å². The van der Waals surface area contributed by atoms with Crippen LogP contribution in [0, 0.1) is 11.7 Å². The van der Waals surface area contributed by atoms with Gasteiger partial charge in [-0.1, -0.05) is 18.2 Å². The second-order valence-electron chi connectivity index (χ2n) is 8.60. The molecule has 0 aromatic heterocycles. The lowest BCUT2D eigenvalue weighted by Gasteiger charge is -2.31. The summed E-state index contributed by atoms with van der Waals surface area (Å²) in [5.41, 5.74) is 4.55. The Morgan fingerprint density at radius 2 is 1.74 bits per heavy atom. The Bertz CT molecular complexity index is 921. The number of nitrogens with one attached hydrogen (secondary N) is 2. The van der Waals surface area contributed by atoms with E-state index in [0.717, 1.165) is 50.0 Å². The number of benzene rings is 2. The van der Waals surface area contributed by atoms with E-state index in [1.807, 2.05) is 6.07 Å². The van der Waals surface area contributed by atoms with Crippen molar-refractivity contribution in [2.75, 3.05) is 25.0 Å². The molecule has 1 heterocycles. The van der Waals surface area contributed by atoms with Crippen molar-refractivity contribution in [2.24, 2.45) is 5.92 Å². The molecule has 5 nitrogen and oxygen atoms in total. The highest BCUT2D eigenvalue weighted by Crippen LogP contribution is 2.25. The van der Waals surface area contributed by atoms with Crippen LogP contribution in [-0.2, 0) is 29.0 Å². The molecule has 1 fully saturated rings. The van der Waals surface area contributed by atoms with Crippen molar-refractivity contribution in [2.45, 2.75) is 45.1 Å². The van der Waals surface area contributed by atoms with Gasteiger partial charge in [0.15, 0.2) is 0 Å². The third-order valence-corrected chi connectivity index (χ3v) is 6.38. The first kappa shape index (κ1) is 21.5. The van der Waals surface area contributed by atoms with E-state index in [0.29, 0.717) is 19.5 Å². The minimum absolute atomic E-state index is 0.00283. The minimum Gasteiger partial charge on any atom is -0.352 e. The Morgan fingerprint density at radius 3 is 2.52 bits per heavy atom. The fourth-order valence-corrected chi connectivity index (χ4v) is 4.49. The van der Waals surface area contributed by atoms with Gasteiger partial charge in [-0.2, -0.15) is 0 Å². The van der Waals surface area contributed by atoms with Gasteiger partial charge in [-0.3, -0.25) is 9.59 Å². The third kappa shape index (κ3) is 5.91. The van der Waals surface area contributed by atoms with Crippen LogP contribution in [0.25, 0.3) is 0 Å². The normalized spacial score (nSPS) is 16.7. The lowest BCUT2D eigenvalue weighted by atomic mass is 9.95. The summed E-state index contributed by atoms with van der Waals surface area (Å²) in [6, 6.07) is 12.4. The number of hydrogen-bond acceptors (Lipinski definition) is 3. The smallest absolute Gasteiger partial charge is 0.225 e. The van der Waals surface area contributed by atoms with Crippen molar-refractivity contribution >= 4 is 17.5 Å². The second kappa shape index (κ2) is 10.1. The Kier molecular flexibility index (Phi) is 6.97. The zero-order chi connectivity index (χ0) is 21.6. The minimum atomic E-state index is -0.275. The third-order valence-electron chi connectivity index (χ3n) is 6.38. The van der Waals surface area contributed by atoms with E-state index in [2.05, 4.69) is 27.7 Å². The van der Waals surface area contributed by atoms with Crippen LogP contribution in [0.1, 0.15) is 42.4 Å². The number of rotatable bonds is 7. The van der Waals surface area contributed by atoms with Gasteiger partial charge in [0, 0.05) is 31.1 Å². The van der Waals surface area contributed by atoms with Crippen LogP contribution >= 0.6 is 0 Å². The number of fused-ring (bicyclic) bond motifs is 1. The zero-order valence-electron chi connectivity index (χ0n) is 17.8. The highest BCUT2D eigenvalue weighted by Gasteiger charge is 2.25. The van der Waals surface area contributed by atoms with E-state index in [1.54, 1.807) is 12.1 Å². The number of amides is 2. The van der Waals surface area contributed by atoms with Crippen LogP contribution in [0.5, 0.6) is 0 Å². The molecule has 6 heteroatoms. The molecule has 2 aromatic carbocycles. The standard InChI is InChI=1S/C25H30FN3O2/c26-22-7-4-18(5-8-22)17-27-25(31)20-10-13-29(14-11-20)15-12-24(30)28-23-9-6-19-2-1-3-21(19)16-23/h4-9,16,20H,1-3,10-15,17H2,(H,27,31)(H,28,30). The molecule has 2 amide bonds. The largest absolute Gasteiger partial charge is 0.352 e. The van der Waals surface area contributed by atoms with Gasteiger partial charge in [0.05, 0.1) is 0 Å². The number of nitrogens with zero attached hydrogens (tertiary/aromatic N) is 1. The number of carbonyl (C=O) groups excluding carboxylic acids is 2. The van der Waals surface area contributed by atoms with Gasteiger partial charge in [-0.25, -0.2) is 4.39 Å². The summed E-state index contributed by atoms with van der Waals surface area (Å²) >= 11 is 0. The predicted molar refractivity (Wildman–Crippen MR) is 119 cm³/mol. The van der Waals surface area contributed by atoms with Crippen molar-refractivity contribution < 1.29 is 14.0 Å². The Balaban J connectivity index is 1.15. The molecule has 0 spiro atoms. The van der Waals surface area contributed by atoms with E-state index < -0.39 is 0 Å². The zero-order valence-corrected chi connectivity index (χ0v) is 17.8. The molecule has 0 atom stereocenters. The number of hydrogen-bond donors (Lipinski definition) is 2. The van der Waals surface area contributed by atoms with E-state index in [-0.39, 0.29) is 23.5 Å². The summed E-state index contributed by atoms with van der Waals surface area (Å²) in [6.45, 7) is 2.77. The quantitative estimate of drug-likeness (QED) is 0.714. The summed E-state index contributed by atoms with van der Waals surface area (Å²) < 4.78 is 13.0. The topological polar surface area (TPSA) is 61.4 Å². The van der Waals surface area contributed by atoms with Crippen LogP contribution < -0.4 is 10.6 Å². The average molecular weight is 424 g/mol. The molecule has 0 bridgehead atoms. The molecule has 4 rings (SSSR count). The number of halogens is 1. The van der Waals surface area contributed by atoms with Crippen LogP contribution in [0.2, 0.25) is 0 Å². The van der Waals surface area contributed by atoms with E-state index in [1.165, 1.54) is 29.7 Å². The predicted octanol–water partition coefficient (Wildman–Crippen LogP) is 3.67. The Labute approximate surface area is 183 Å². The number of carbonyl (C=O) groups is 2. The molecule has 2 aliphatic rings. The summed E-state index contributed by atoms with van der Waals surface area (Å²) in [5, 5.41) is 5.97. The van der Waals surface area contributed by atoms with Crippen LogP contribution in [0.3, 0.4) is 0 Å². The lowest BCUT2D eigenvalue weighted by Crippen LogP contribution is -2.41. The fraction of sp³-hybridized carbons (Fsp3) is 0.440. The van der Waals surface area contributed by atoms with Crippen molar-refractivity contribution in [1.29, 1.82) is 0 Å². The Morgan fingerprint density at radius 1 is 1.00 bits per heavy atom. The monoisotopic (exact) mass is 423 g/mol. The molecule has 1 saturated heterocycles. The van der Waals surface area contributed by atoms with Gasteiger partial charge < -0.3 is 15.5 Å². The Hall–Kier alpha value is -2.73. The lowest BCUT2D eigenvalue weighted by molar-refractivity contribution is -0.126. The molecule has 31 heavy (non-hydrogen) atoms. The highest BCUT2D eigenvalue weighted by atomic mass is 19.1. The molecule has 1 aliphatic carbocycles. The summed E-state index contributed by atoms with van der Waals surface area (Å²) in [5.74, 6) is -0.184. The molecule has 164 valence electrons. The fourth-order valence-electron chi connectivity index (χ4n) is 4.49. The molecule has 2 N–H and O–H groups in total. The molecule has 1 aliphatic heterocycles. The summed E-state index contributed by atoms with van der Waals surface area (Å²) in [7, 11) is 0. The maximum absolute atomic E-state index is 13.0. The number of aryl methyl sites for hydroxylation is 2. The maximum Gasteiger partial charge on any atom is 0.225 e. The van der Waals surface area contributed by atoms with Gasteiger partial charge in [0.25, 0.3) is 0 Å². The van der Waals surface area contributed by atoms with Crippen LogP contribution in [0.15, 0.2) is 42.5 Å². The van der Waals surface area contributed by atoms with Crippen molar-refractivity contribution in [3.63, 3.8) is 0 Å². The number of likely N-dealkylation sites (tertiary alicyclic amines) is 1. The van der Waals surface area contributed by atoms with E-state index in [9.17, 15) is 14.0 Å². The second-order valence-corrected chi connectivity index (χ2v) is 8.60. The molecule has 0 radical (unpaired) electrons. The molecule has 0 unspecified atom stereocenters. The van der Waals surface area contributed by atoms with Crippen molar-refractivity contribution in [1.82, 2.24) is 10.2 Å². The molecular formula is C25H30FN3O2. The molecular weight excluding hydrogens is 393 g/mol. The van der Waals surface area contributed by atoms with Crippen molar-refractivity contribution in [3.05, 3.63) is 65.0 Å². The van der Waals surface area contributed by atoms with Crippen LogP contribution in [0.4, 0.5) is 10.1 Å².